The molecule has 3 heteroatoms. The number of Topliss-reactive ketones (excluding diaryl/α,β-unsaturated/α-hetero) is 2. The summed E-state index contributed by atoms with van der Waals surface area (Å²) < 4.78 is 5.55. The molecule has 0 atom stereocenters. The number of allylic oxidation sites excluding steroid dienone is 5. The number of unbranched alkanes of at least 4 members (excludes halogenated alkanes) is 1. The zero-order valence-corrected chi connectivity index (χ0v) is 11.3. The van der Waals surface area contributed by atoms with Crippen LogP contribution in [0, 0.1) is 0 Å². The molecule has 0 radical (unpaired) electrons. The number of rotatable bonds is 6. The van der Waals surface area contributed by atoms with Crippen molar-refractivity contribution in [2.24, 2.45) is 0 Å². The monoisotopic (exact) mass is 248 g/mol. The number of ether oxygens (including phenoxy) is 1. The van der Waals surface area contributed by atoms with Crippen molar-refractivity contribution in [3.63, 3.8) is 0 Å². The van der Waals surface area contributed by atoms with Crippen LogP contribution in [0.5, 0.6) is 0 Å². The minimum Gasteiger partial charge on any atom is -0.494 e. The maximum atomic E-state index is 11.4. The van der Waals surface area contributed by atoms with Crippen molar-refractivity contribution in [3.05, 3.63) is 35.1 Å². The van der Waals surface area contributed by atoms with Gasteiger partial charge >= 0.3 is 0 Å². The van der Waals surface area contributed by atoms with Crippen molar-refractivity contribution >= 4 is 11.6 Å². The summed E-state index contributed by atoms with van der Waals surface area (Å²) in [4.78, 5) is 22.8. The van der Waals surface area contributed by atoms with Crippen LogP contribution < -0.4 is 0 Å². The maximum Gasteiger partial charge on any atom is 0.163 e. The standard InChI is InChI=1S/C15H20O3/c1-4-5-10-18-14-8-6-13(7-9-14)15(11(2)16)12(3)17/h6,8-9H,4-5,7,10H2,1-3H3. The third kappa shape index (κ3) is 3.99. The van der Waals surface area contributed by atoms with E-state index in [1.165, 1.54) is 13.8 Å². The van der Waals surface area contributed by atoms with E-state index in [1.807, 2.05) is 12.2 Å². The van der Waals surface area contributed by atoms with Gasteiger partial charge in [0.05, 0.1) is 12.2 Å². The number of ketones is 2. The van der Waals surface area contributed by atoms with Gasteiger partial charge in [-0.3, -0.25) is 9.59 Å². The molecule has 98 valence electrons. The summed E-state index contributed by atoms with van der Waals surface area (Å²) in [5.41, 5.74) is 1.08. The first-order valence-electron chi connectivity index (χ1n) is 6.32. The molecule has 0 amide bonds. The molecule has 0 spiro atoms. The molecule has 0 saturated carbocycles. The average Bonchev–Trinajstić information content (AvgIpc) is 2.30. The largest absolute Gasteiger partial charge is 0.494 e. The fraction of sp³-hybridized carbons (Fsp3) is 0.467. The summed E-state index contributed by atoms with van der Waals surface area (Å²) in [5.74, 6) is 0.468. The van der Waals surface area contributed by atoms with Crippen LogP contribution >= 0.6 is 0 Å². The van der Waals surface area contributed by atoms with Gasteiger partial charge in [-0.15, -0.1) is 0 Å². The van der Waals surface area contributed by atoms with Gasteiger partial charge in [0.25, 0.3) is 0 Å². The predicted octanol–water partition coefficient (Wildman–Crippen LogP) is 3.12. The fourth-order valence-corrected chi connectivity index (χ4v) is 1.86. The molecular formula is C15H20O3. The van der Waals surface area contributed by atoms with Crippen LogP contribution in [0.3, 0.4) is 0 Å². The lowest BCUT2D eigenvalue weighted by Crippen LogP contribution is -2.10. The van der Waals surface area contributed by atoms with Crippen molar-refractivity contribution in [2.45, 2.75) is 40.0 Å². The van der Waals surface area contributed by atoms with E-state index in [0.29, 0.717) is 18.6 Å². The fourth-order valence-electron chi connectivity index (χ4n) is 1.86. The molecular weight excluding hydrogens is 228 g/mol. The predicted molar refractivity (Wildman–Crippen MR) is 71.1 cm³/mol. The van der Waals surface area contributed by atoms with Gasteiger partial charge in [0.1, 0.15) is 5.76 Å². The third-order valence-electron chi connectivity index (χ3n) is 2.76. The van der Waals surface area contributed by atoms with Gasteiger partial charge in [-0.2, -0.15) is 0 Å². The molecule has 1 aliphatic rings. The maximum absolute atomic E-state index is 11.4. The van der Waals surface area contributed by atoms with Crippen molar-refractivity contribution in [3.8, 4) is 0 Å². The van der Waals surface area contributed by atoms with Gasteiger partial charge in [-0.05, 0) is 44.4 Å². The summed E-state index contributed by atoms with van der Waals surface area (Å²) in [6.45, 7) is 5.67. The van der Waals surface area contributed by atoms with Crippen LogP contribution in [-0.2, 0) is 14.3 Å². The SMILES string of the molecule is CCCCOC1=CCC(=C(C(C)=O)C(C)=O)C=C1. The summed E-state index contributed by atoms with van der Waals surface area (Å²) in [5, 5.41) is 0. The molecule has 0 aromatic carbocycles. The lowest BCUT2D eigenvalue weighted by Gasteiger charge is -2.13. The van der Waals surface area contributed by atoms with Gasteiger partial charge in [-0.25, -0.2) is 0 Å². The Kier molecular flexibility index (Phi) is 5.56. The normalized spacial score (nSPS) is 14.2. The highest BCUT2D eigenvalue weighted by molar-refractivity contribution is 6.19. The Morgan fingerprint density at radius 1 is 1.22 bits per heavy atom. The molecule has 0 saturated heterocycles. The van der Waals surface area contributed by atoms with Crippen LogP contribution in [0.15, 0.2) is 35.1 Å². The van der Waals surface area contributed by atoms with Gasteiger partial charge in [-0.1, -0.05) is 19.4 Å². The zero-order chi connectivity index (χ0) is 13.5. The molecule has 1 aliphatic carbocycles. The molecule has 0 aromatic heterocycles. The number of hydrogen-bond acceptors (Lipinski definition) is 3. The van der Waals surface area contributed by atoms with E-state index < -0.39 is 0 Å². The molecule has 0 heterocycles. The van der Waals surface area contributed by atoms with Crippen molar-refractivity contribution in [1.29, 1.82) is 0 Å². The Balaban J connectivity index is 2.73. The summed E-state index contributed by atoms with van der Waals surface area (Å²) in [7, 11) is 0. The Labute approximate surface area is 108 Å². The van der Waals surface area contributed by atoms with Crippen LogP contribution in [0.25, 0.3) is 0 Å². The lowest BCUT2D eigenvalue weighted by atomic mass is 9.96. The van der Waals surface area contributed by atoms with Crippen molar-refractivity contribution in [1.82, 2.24) is 0 Å². The van der Waals surface area contributed by atoms with Gasteiger partial charge < -0.3 is 4.74 Å². The molecule has 0 aromatic rings. The second kappa shape index (κ2) is 6.94. The van der Waals surface area contributed by atoms with Crippen LogP contribution in [-0.4, -0.2) is 18.2 Å². The Morgan fingerprint density at radius 2 is 1.89 bits per heavy atom. The van der Waals surface area contributed by atoms with Crippen molar-refractivity contribution in [2.75, 3.05) is 6.61 Å². The molecule has 0 N–H and O–H groups in total. The first kappa shape index (κ1) is 14.4. The van der Waals surface area contributed by atoms with Crippen molar-refractivity contribution < 1.29 is 14.3 Å². The molecule has 0 bridgehead atoms. The van der Waals surface area contributed by atoms with Gasteiger partial charge in [0.15, 0.2) is 11.6 Å². The van der Waals surface area contributed by atoms with Gasteiger partial charge in [0.2, 0.25) is 0 Å². The molecule has 0 fully saturated rings. The van der Waals surface area contributed by atoms with E-state index in [2.05, 4.69) is 6.92 Å². The van der Waals surface area contributed by atoms with E-state index >= 15 is 0 Å². The molecule has 0 unspecified atom stereocenters. The Bertz CT molecular complexity index is 409. The number of carbonyl (C=O) groups excluding carboxylic acids is 2. The highest BCUT2D eigenvalue weighted by Crippen LogP contribution is 2.21. The van der Waals surface area contributed by atoms with Crippen LogP contribution in [0.1, 0.15) is 40.0 Å². The second-order valence-electron chi connectivity index (χ2n) is 4.36. The third-order valence-corrected chi connectivity index (χ3v) is 2.76. The number of hydrogen-bond donors (Lipinski definition) is 0. The van der Waals surface area contributed by atoms with E-state index in [4.69, 9.17) is 4.74 Å². The molecule has 1 rings (SSSR count). The highest BCUT2D eigenvalue weighted by Gasteiger charge is 2.15. The summed E-state index contributed by atoms with van der Waals surface area (Å²) >= 11 is 0. The molecule has 0 aliphatic heterocycles. The van der Waals surface area contributed by atoms with Gasteiger partial charge in [0, 0.05) is 0 Å². The Hall–Kier alpha value is -1.64. The topological polar surface area (TPSA) is 43.4 Å². The smallest absolute Gasteiger partial charge is 0.163 e. The first-order chi connectivity index (χ1) is 8.56. The quantitative estimate of drug-likeness (QED) is 0.314. The zero-order valence-electron chi connectivity index (χ0n) is 11.3. The van der Waals surface area contributed by atoms with Crippen LogP contribution in [0.4, 0.5) is 0 Å². The molecule has 18 heavy (non-hydrogen) atoms. The second-order valence-corrected chi connectivity index (χ2v) is 4.36. The highest BCUT2D eigenvalue weighted by atomic mass is 16.5. The van der Waals surface area contributed by atoms with E-state index in [9.17, 15) is 9.59 Å². The number of carbonyl (C=O) groups is 2. The average molecular weight is 248 g/mol. The van der Waals surface area contributed by atoms with E-state index in [1.54, 1.807) is 6.08 Å². The first-order valence-corrected chi connectivity index (χ1v) is 6.32. The molecule has 3 nitrogen and oxygen atoms in total. The van der Waals surface area contributed by atoms with Crippen LogP contribution in [0.2, 0.25) is 0 Å². The summed E-state index contributed by atoms with van der Waals surface area (Å²) in [6, 6.07) is 0. The minimum absolute atomic E-state index is 0.175. The minimum atomic E-state index is -0.175. The summed E-state index contributed by atoms with van der Waals surface area (Å²) in [6.07, 6.45) is 8.24. The Morgan fingerprint density at radius 3 is 2.33 bits per heavy atom. The van der Waals surface area contributed by atoms with E-state index in [0.717, 1.165) is 24.2 Å². The lowest BCUT2D eigenvalue weighted by molar-refractivity contribution is -0.119. The van der Waals surface area contributed by atoms with E-state index in [-0.39, 0.29) is 11.6 Å².